The molecule has 120 valence electrons. The molecule has 1 fully saturated rings. The lowest BCUT2D eigenvalue weighted by molar-refractivity contribution is -0.126. The minimum absolute atomic E-state index is 0.125. The number of ether oxygens (including phenoxy) is 2. The number of carbonyl (C=O) groups excluding carboxylic acids is 1. The van der Waals surface area contributed by atoms with Gasteiger partial charge in [-0.2, -0.15) is 0 Å². The second kappa shape index (κ2) is 6.87. The molecule has 2 heterocycles. The molecule has 0 aliphatic carbocycles. The van der Waals surface area contributed by atoms with Gasteiger partial charge in [-0.25, -0.2) is 0 Å². The van der Waals surface area contributed by atoms with Crippen molar-refractivity contribution in [3.63, 3.8) is 0 Å². The van der Waals surface area contributed by atoms with E-state index < -0.39 is 0 Å². The summed E-state index contributed by atoms with van der Waals surface area (Å²) in [5.41, 5.74) is 0. The number of amides is 1. The molecule has 0 saturated carbocycles. The van der Waals surface area contributed by atoms with E-state index in [2.05, 4.69) is 33.2 Å². The van der Waals surface area contributed by atoms with Gasteiger partial charge in [-0.05, 0) is 61.0 Å². The first-order valence-electron chi connectivity index (χ1n) is 7.67. The monoisotopic (exact) mass is 368 g/mol. The van der Waals surface area contributed by atoms with Crippen molar-refractivity contribution in [2.75, 3.05) is 33.3 Å². The van der Waals surface area contributed by atoms with Crippen LogP contribution in [-0.4, -0.2) is 50.2 Å². The maximum atomic E-state index is 12.2. The third-order valence-corrected chi connectivity index (χ3v) is 4.86. The molecule has 1 atom stereocenters. The fourth-order valence-electron chi connectivity index (χ4n) is 2.83. The van der Waals surface area contributed by atoms with Crippen LogP contribution in [0.25, 0.3) is 0 Å². The first-order chi connectivity index (χ1) is 10.6. The lowest BCUT2D eigenvalue weighted by Gasteiger charge is -2.30. The van der Waals surface area contributed by atoms with Crippen molar-refractivity contribution in [1.29, 1.82) is 0 Å². The summed E-state index contributed by atoms with van der Waals surface area (Å²) in [6, 6.07) is 5.71. The van der Waals surface area contributed by atoms with E-state index in [1.165, 1.54) is 0 Å². The number of hydrogen-bond donors (Lipinski definition) is 1. The Morgan fingerprint density at radius 3 is 2.95 bits per heavy atom. The number of likely N-dealkylation sites (tertiary alicyclic amines) is 1. The summed E-state index contributed by atoms with van der Waals surface area (Å²) >= 11 is 3.46. The minimum Gasteiger partial charge on any atom is -0.486 e. The molecule has 0 bridgehead atoms. The van der Waals surface area contributed by atoms with E-state index in [0.29, 0.717) is 18.9 Å². The Balaban J connectivity index is 1.50. The molecule has 0 radical (unpaired) electrons. The van der Waals surface area contributed by atoms with Crippen molar-refractivity contribution in [3.8, 4) is 11.5 Å². The van der Waals surface area contributed by atoms with Crippen molar-refractivity contribution in [3.05, 3.63) is 22.7 Å². The fourth-order valence-corrected chi connectivity index (χ4v) is 3.27. The highest BCUT2D eigenvalue weighted by Gasteiger charge is 2.26. The zero-order valence-electron chi connectivity index (χ0n) is 12.7. The van der Waals surface area contributed by atoms with Gasteiger partial charge in [-0.1, -0.05) is 6.07 Å². The van der Waals surface area contributed by atoms with Gasteiger partial charge in [0.15, 0.2) is 17.6 Å². The first kappa shape index (κ1) is 15.6. The predicted octanol–water partition coefficient (Wildman–Crippen LogP) is 2.05. The molecule has 5 nitrogen and oxygen atoms in total. The molecule has 1 aromatic rings. The Hall–Kier alpha value is -1.27. The van der Waals surface area contributed by atoms with Gasteiger partial charge in [0.05, 0.1) is 11.0 Å². The number of nitrogens with zero attached hydrogens (tertiary/aromatic N) is 1. The quantitative estimate of drug-likeness (QED) is 0.886. The number of para-hydroxylation sites is 1. The lowest BCUT2D eigenvalue weighted by atomic mass is 9.96. The summed E-state index contributed by atoms with van der Waals surface area (Å²) in [6.07, 6.45) is 1.71. The maximum Gasteiger partial charge on any atom is 0.223 e. The van der Waals surface area contributed by atoms with Crippen LogP contribution in [0.4, 0.5) is 0 Å². The second-order valence-corrected chi connectivity index (χ2v) is 6.79. The van der Waals surface area contributed by atoms with Crippen LogP contribution in [0.5, 0.6) is 11.5 Å². The zero-order valence-corrected chi connectivity index (χ0v) is 14.3. The van der Waals surface area contributed by atoms with E-state index >= 15 is 0 Å². The highest BCUT2D eigenvalue weighted by molar-refractivity contribution is 9.10. The number of nitrogens with one attached hydrogen (secondary N) is 1. The van der Waals surface area contributed by atoms with E-state index in [1.54, 1.807) is 0 Å². The van der Waals surface area contributed by atoms with Gasteiger partial charge >= 0.3 is 0 Å². The smallest absolute Gasteiger partial charge is 0.223 e. The number of fused-ring (bicyclic) bond motifs is 1. The topological polar surface area (TPSA) is 50.8 Å². The SMILES string of the molecule is CN1CCC(C(=O)NCC2COc3cccc(Br)c3O2)CC1. The normalized spacial score (nSPS) is 22.4. The van der Waals surface area contributed by atoms with E-state index in [-0.39, 0.29) is 17.9 Å². The van der Waals surface area contributed by atoms with Gasteiger partial charge in [-0.15, -0.1) is 0 Å². The van der Waals surface area contributed by atoms with Crippen LogP contribution >= 0.6 is 15.9 Å². The van der Waals surface area contributed by atoms with E-state index in [9.17, 15) is 4.79 Å². The van der Waals surface area contributed by atoms with Gasteiger partial charge in [-0.3, -0.25) is 4.79 Å². The van der Waals surface area contributed by atoms with E-state index in [0.717, 1.165) is 36.2 Å². The van der Waals surface area contributed by atoms with Gasteiger partial charge in [0.25, 0.3) is 0 Å². The van der Waals surface area contributed by atoms with Gasteiger partial charge in [0.2, 0.25) is 5.91 Å². The maximum absolute atomic E-state index is 12.2. The molecule has 1 aromatic carbocycles. The Kier molecular flexibility index (Phi) is 4.88. The average Bonchev–Trinajstić information content (AvgIpc) is 2.54. The largest absolute Gasteiger partial charge is 0.486 e. The Labute approximate surface area is 139 Å². The second-order valence-electron chi connectivity index (χ2n) is 5.94. The molecular weight excluding hydrogens is 348 g/mol. The molecule has 2 aliphatic rings. The third kappa shape index (κ3) is 3.55. The summed E-state index contributed by atoms with van der Waals surface area (Å²) in [5, 5.41) is 3.01. The van der Waals surface area contributed by atoms with Crippen molar-refractivity contribution >= 4 is 21.8 Å². The van der Waals surface area contributed by atoms with Crippen LogP contribution in [-0.2, 0) is 4.79 Å². The number of piperidine rings is 1. The van der Waals surface area contributed by atoms with Crippen LogP contribution in [0.1, 0.15) is 12.8 Å². The van der Waals surface area contributed by atoms with Gasteiger partial charge in [0, 0.05) is 5.92 Å². The van der Waals surface area contributed by atoms with Crippen LogP contribution in [0, 0.1) is 5.92 Å². The molecule has 22 heavy (non-hydrogen) atoms. The van der Waals surface area contributed by atoms with Crippen LogP contribution < -0.4 is 14.8 Å². The summed E-state index contributed by atoms with van der Waals surface area (Å²) in [4.78, 5) is 14.5. The van der Waals surface area contributed by atoms with E-state index in [4.69, 9.17) is 9.47 Å². The Morgan fingerprint density at radius 2 is 2.18 bits per heavy atom. The van der Waals surface area contributed by atoms with Crippen molar-refractivity contribution in [2.24, 2.45) is 5.92 Å². The Morgan fingerprint density at radius 1 is 1.41 bits per heavy atom. The Bertz CT molecular complexity index is 544. The third-order valence-electron chi connectivity index (χ3n) is 4.23. The lowest BCUT2D eigenvalue weighted by Crippen LogP contribution is -2.44. The molecule has 1 N–H and O–H groups in total. The molecule has 1 saturated heterocycles. The summed E-state index contributed by atoms with van der Waals surface area (Å²) in [5.74, 6) is 1.72. The first-order valence-corrected chi connectivity index (χ1v) is 8.47. The van der Waals surface area contributed by atoms with Gasteiger partial charge < -0.3 is 19.7 Å². The van der Waals surface area contributed by atoms with Crippen molar-refractivity contribution < 1.29 is 14.3 Å². The molecule has 0 spiro atoms. The van der Waals surface area contributed by atoms with E-state index in [1.807, 2.05) is 18.2 Å². The summed E-state index contributed by atoms with van der Waals surface area (Å²) in [7, 11) is 2.09. The van der Waals surface area contributed by atoms with Crippen molar-refractivity contribution in [1.82, 2.24) is 10.2 Å². The molecular formula is C16H21BrN2O3. The summed E-state index contributed by atoms with van der Waals surface area (Å²) < 4.78 is 12.5. The molecule has 2 aliphatic heterocycles. The predicted molar refractivity (Wildman–Crippen MR) is 87.3 cm³/mol. The molecule has 1 unspecified atom stereocenters. The van der Waals surface area contributed by atoms with Crippen LogP contribution in [0.15, 0.2) is 22.7 Å². The highest BCUT2D eigenvalue weighted by Crippen LogP contribution is 2.38. The number of halogens is 1. The van der Waals surface area contributed by atoms with Crippen LogP contribution in [0.2, 0.25) is 0 Å². The number of rotatable bonds is 3. The minimum atomic E-state index is -0.151. The number of hydrogen-bond acceptors (Lipinski definition) is 4. The van der Waals surface area contributed by atoms with Gasteiger partial charge in [0.1, 0.15) is 6.61 Å². The highest BCUT2D eigenvalue weighted by atomic mass is 79.9. The fraction of sp³-hybridized carbons (Fsp3) is 0.562. The standard InChI is InChI=1S/C16H21BrN2O3/c1-19-7-5-11(6-8-19)16(20)18-9-12-10-21-14-4-2-3-13(17)15(14)22-12/h2-4,11-12H,5-10H2,1H3,(H,18,20). The number of carbonyl (C=O) groups is 1. The molecule has 6 heteroatoms. The average molecular weight is 369 g/mol. The number of benzene rings is 1. The van der Waals surface area contributed by atoms with Crippen LogP contribution in [0.3, 0.4) is 0 Å². The summed E-state index contributed by atoms with van der Waals surface area (Å²) in [6.45, 7) is 2.91. The molecule has 3 rings (SSSR count). The molecule has 0 aromatic heterocycles. The molecule has 1 amide bonds. The van der Waals surface area contributed by atoms with Crippen molar-refractivity contribution in [2.45, 2.75) is 18.9 Å². The zero-order chi connectivity index (χ0) is 15.5.